The smallest absolute Gasteiger partial charge is 0.195 e. The molecule has 2 aliphatic heterocycles. The molecule has 0 bridgehead atoms. The molecule has 0 atom stereocenters. The molecule has 0 aromatic heterocycles. The second-order valence-corrected chi connectivity index (χ2v) is 6.88. The van der Waals surface area contributed by atoms with E-state index in [4.69, 9.17) is 0 Å². The minimum absolute atomic E-state index is 0.504. The molecule has 15 heavy (non-hydrogen) atoms. The van der Waals surface area contributed by atoms with E-state index in [1.165, 1.54) is 0 Å². The van der Waals surface area contributed by atoms with Crippen LogP contribution in [0.4, 0.5) is 0 Å². The van der Waals surface area contributed by atoms with Crippen LogP contribution < -0.4 is 0 Å². The van der Waals surface area contributed by atoms with Gasteiger partial charge in [0, 0.05) is 31.5 Å². The molecule has 0 saturated carbocycles. The molecule has 0 aliphatic carbocycles. The van der Waals surface area contributed by atoms with Crippen LogP contribution in [0, 0.1) is 5.92 Å². The van der Waals surface area contributed by atoms with Crippen LogP contribution in [0.1, 0.15) is 19.3 Å². The summed E-state index contributed by atoms with van der Waals surface area (Å²) < 4.78 is 27.4. The highest BCUT2D eigenvalue weighted by molar-refractivity contribution is 9.09. The Morgan fingerprint density at radius 3 is 2.20 bits per heavy atom. The van der Waals surface area contributed by atoms with Gasteiger partial charge in [-0.1, -0.05) is 22.4 Å². The van der Waals surface area contributed by atoms with Gasteiger partial charge in [0.2, 0.25) is 0 Å². The summed E-state index contributed by atoms with van der Waals surface area (Å²) in [7, 11) is -3.12. The Hall–Kier alpha value is 0.350. The number of rotatable bonds is 3. The minimum Gasteiger partial charge on any atom is -0.195 e. The first-order valence-corrected chi connectivity index (χ1v) is 7.97. The monoisotopic (exact) mass is 296 g/mol. The van der Waals surface area contributed by atoms with Crippen molar-refractivity contribution < 1.29 is 8.42 Å². The third kappa shape index (κ3) is 2.38. The van der Waals surface area contributed by atoms with Gasteiger partial charge in [-0.2, -0.15) is 17.0 Å². The standard InChI is InChI=1S/C9H17BrN2O2S/c10-6-9-7-12(8-9)15(13,14)11-4-2-1-3-5-11/h9H,1-8H2. The third-order valence-corrected chi connectivity index (χ3v) is 5.99. The van der Waals surface area contributed by atoms with E-state index in [9.17, 15) is 8.42 Å². The van der Waals surface area contributed by atoms with Crippen LogP contribution in [0.3, 0.4) is 0 Å². The predicted octanol–water partition coefficient (Wildman–Crippen LogP) is 1.04. The van der Waals surface area contributed by atoms with Gasteiger partial charge in [-0.3, -0.25) is 0 Å². The van der Waals surface area contributed by atoms with Gasteiger partial charge >= 0.3 is 0 Å². The molecule has 6 heteroatoms. The van der Waals surface area contributed by atoms with E-state index in [1.807, 2.05) is 0 Å². The maximum Gasteiger partial charge on any atom is 0.281 e. The molecule has 0 unspecified atom stereocenters. The molecule has 0 amide bonds. The van der Waals surface area contributed by atoms with E-state index in [-0.39, 0.29) is 0 Å². The van der Waals surface area contributed by atoms with E-state index in [0.717, 1.165) is 24.6 Å². The van der Waals surface area contributed by atoms with Crippen molar-refractivity contribution in [2.75, 3.05) is 31.5 Å². The summed E-state index contributed by atoms with van der Waals surface area (Å²) in [5.41, 5.74) is 0. The Morgan fingerprint density at radius 2 is 1.67 bits per heavy atom. The molecule has 0 aromatic rings. The Labute approximate surface area is 99.9 Å². The van der Waals surface area contributed by atoms with Gasteiger partial charge in [0.05, 0.1) is 0 Å². The first-order chi connectivity index (χ1) is 7.14. The molecular formula is C9H17BrN2O2S. The van der Waals surface area contributed by atoms with E-state index in [0.29, 0.717) is 32.1 Å². The van der Waals surface area contributed by atoms with Crippen LogP contribution >= 0.6 is 15.9 Å². The van der Waals surface area contributed by atoms with E-state index < -0.39 is 10.2 Å². The lowest BCUT2D eigenvalue weighted by Gasteiger charge is -2.41. The maximum atomic E-state index is 12.1. The number of piperidine rings is 1. The molecule has 0 N–H and O–H groups in total. The summed E-state index contributed by atoms with van der Waals surface area (Å²) in [6.45, 7) is 2.78. The lowest BCUT2D eigenvalue weighted by Crippen LogP contribution is -2.56. The first-order valence-electron chi connectivity index (χ1n) is 5.46. The summed E-state index contributed by atoms with van der Waals surface area (Å²) in [6, 6.07) is 0. The Balaban J connectivity index is 1.95. The largest absolute Gasteiger partial charge is 0.281 e. The number of hydrogen-bond donors (Lipinski definition) is 0. The van der Waals surface area contributed by atoms with E-state index in [2.05, 4.69) is 15.9 Å². The van der Waals surface area contributed by atoms with E-state index >= 15 is 0 Å². The number of halogens is 1. The van der Waals surface area contributed by atoms with Crippen molar-refractivity contribution in [3.8, 4) is 0 Å². The molecular weight excluding hydrogens is 280 g/mol. The molecule has 2 aliphatic rings. The van der Waals surface area contributed by atoms with Gasteiger partial charge in [-0.25, -0.2) is 0 Å². The molecule has 2 heterocycles. The fraction of sp³-hybridized carbons (Fsp3) is 1.00. The van der Waals surface area contributed by atoms with Crippen molar-refractivity contribution in [1.29, 1.82) is 0 Å². The van der Waals surface area contributed by atoms with Crippen molar-refractivity contribution in [1.82, 2.24) is 8.61 Å². The summed E-state index contributed by atoms with van der Waals surface area (Å²) in [5, 5.41) is 0.902. The topological polar surface area (TPSA) is 40.6 Å². The number of nitrogens with zero attached hydrogens (tertiary/aromatic N) is 2. The predicted molar refractivity (Wildman–Crippen MR) is 63.2 cm³/mol. The normalized spacial score (nSPS) is 26.5. The summed E-state index contributed by atoms with van der Waals surface area (Å²) in [4.78, 5) is 0. The van der Waals surface area contributed by atoms with Crippen molar-refractivity contribution in [3.63, 3.8) is 0 Å². The second-order valence-electron chi connectivity index (χ2n) is 4.30. The third-order valence-electron chi connectivity index (χ3n) is 3.11. The molecule has 4 nitrogen and oxygen atoms in total. The number of alkyl halides is 1. The lowest BCUT2D eigenvalue weighted by atomic mass is 10.1. The van der Waals surface area contributed by atoms with Gasteiger partial charge in [-0.05, 0) is 18.8 Å². The van der Waals surface area contributed by atoms with Crippen LogP contribution in [0.15, 0.2) is 0 Å². The Kier molecular flexibility index (Phi) is 3.70. The zero-order valence-corrected chi connectivity index (χ0v) is 11.1. The second kappa shape index (κ2) is 4.69. The van der Waals surface area contributed by atoms with Gasteiger partial charge in [-0.15, -0.1) is 0 Å². The highest BCUT2D eigenvalue weighted by Gasteiger charge is 2.38. The van der Waals surface area contributed by atoms with Crippen LogP contribution in [-0.2, 0) is 10.2 Å². The highest BCUT2D eigenvalue weighted by atomic mass is 79.9. The minimum atomic E-state index is -3.12. The molecule has 2 fully saturated rings. The fourth-order valence-corrected chi connectivity index (χ4v) is 4.32. The summed E-state index contributed by atoms with van der Waals surface area (Å²) in [5.74, 6) is 0.504. The SMILES string of the molecule is O=S(=O)(N1CCCCC1)N1CC(CBr)C1. The first kappa shape index (κ1) is 11.8. The average molecular weight is 297 g/mol. The average Bonchev–Trinajstić information content (AvgIpc) is 2.17. The van der Waals surface area contributed by atoms with E-state index in [1.54, 1.807) is 8.61 Å². The van der Waals surface area contributed by atoms with Crippen molar-refractivity contribution in [2.24, 2.45) is 5.92 Å². The molecule has 2 rings (SSSR count). The van der Waals surface area contributed by atoms with Gasteiger partial charge < -0.3 is 0 Å². The zero-order chi connectivity index (χ0) is 10.9. The zero-order valence-electron chi connectivity index (χ0n) is 8.73. The number of hydrogen-bond acceptors (Lipinski definition) is 2. The molecule has 2 saturated heterocycles. The van der Waals surface area contributed by atoms with Gasteiger partial charge in [0.15, 0.2) is 0 Å². The van der Waals surface area contributed by atoms with Crippen molar-refractivity contribution >= 4 is 26.1 Å². The Bertz CT molecular complexity index is 308. The van der Waals surface area contributed by atoms with Crippen LogP contribution in [0.2, 0.25) is 0 Å². The van der Waals surface area contributed by atoms with Crippen molar-refractivity contribution in [3.05, 3.63) is 0 Å². The molecule has 88 valence electrons. The highest BCUT2D eigenvalue weighted by Crippen LogP contribution is 2.25. The summed E-state index contributed by atoms with van der Waals surface area (Å²) >= 11 is 3.38. The summed E-state index contributed by atoms with van der Waals surface area (Å²) in [6.07, 6.45) is 3.18. The molecule has 0 spiro atoms. The fourth-order valence-electron chi connectivity index (χ4n) is 2.07. The maximum absolute atomic E-state index is 12.1. The van der Waals surface area contributed by atoms with Crippen LogP contribution in [0.5, 0.6) is 0 Å². The quantitative estimate of drug-likeness (QED) is 0.730. The molecule has 0 aromatic carbocycles. The van der Waals surface area contributed by atoms with Crippen molar-refractivity contribution in [2.45, 2.75) is 19.3 Å². The lowest BCUT2D eigenvalue weighted by molar-refractivity contribution is 0.199. The molecule has 0 radical (unpaired) electrons. The van der Waals surface area contributed by atoms with Gasteiger partial charge in [0.25, 0.3) is 10.2 Å². The van der Waals surface area contributed by atoms with Crippen LogP contribution in [0.25, 0.3) is 0 Å². The van der Waals surface area contributed by atoms with Gasteiger partial charge in [0.1, 0.15) is 0 Å². The Morgan fingerprint density at radius 1 is 1.07 bits per heavy atom. The van der Waals surface area contributed by atoms with Crippen LogP contribution in [-0.4, -0.2) is 48.5 Å².